The van der Waals surface area contributed by atoms with Crippen LogP contribution in [0.25, 0.3) is 0 Å². The molecule has 10 nitrogen and oxygen atoms in total. The predicted molar refractivity (Wildman–Crippen MR) is 188 cm³/mol. The highest BCUT2D eigenvalue weighted by Gasteiger charge is 2.57. The minimum absolute atomic E-state index is 0. The molecule has 0 aromatic carbocycles. The first kappa shape index (κ1) is 39.1. The number of hydrogen-bond donors (Lipinski definition) is 0. The number of hydrogen-bond acceptors (Lipinski definition) is 10. The van der Waals surface area contributed by atoms with Gasteiger partial charge in [0.2, 0.25) is 0 Å². The normalized spacial score (nSPS) is 28.0. The lowest BCUT2D eigenvalue weighted by Crippen LogP contribution is -2.67. The van der Waals surface area contributed by atoms with Gasteiger partial charge >= 0.3 is 11.9 Å². The van der Waals surface area contributed by atoms with E-state index in [9.17, 15) is 9.59 Å². The fourth-order valence-corrected chi connectivity index (χ4v) is 8.29. The van der Waals surface area contributed by atoms with Crippen molar-refractivity contribution in [3.8, 4) is 12.3 Å². The summed E-state index contributed by atoms with van der Waals surface area (Å²) in [5.74, 6) is 0.809. The second-order valence-corrected chi connectivity index (χ2v) is 17.9. The van der Waals surface area contributed by atoms with E-state index in [0.717, 1.165) is 32.1 Å². The fraction of sp³-hybridized carbons (Fsp3) is 0.895. The minimum atomic E-state index is -0.830. The summed E-state index contributed by atoms with van der Waals surface area (Å²) in [4.78, 5) is 30.0. The Morgan fingerprint density at radius 3 is 1.38 bits per heavy atom. The number of unbranched alkanes of at least 4 members (excludes halogenated alkanes) is 1. The van der Waals surface area contributed by atoms with Crippen LogP contribution < -0.4 is 0 Å². The maximum atomic E-state index is 12.7. The third kappa shape index (κ3) is 8.41. The van der Waals surface area contributed by atoms with Gasteiger partial charge in [0.1, 0.15) is 18.6 Å². The first-order chi connectivity index (χ1) is 22.1. The topological polar surface area (TPSA) is 96.0 Å². The molecule has 4 aliphatic rings. The number of likely N-dealkylation sites (tertiary alicyclic amines) is 2. The summed E-state index contributed by atoms with van der Waals surface area (Å²) >= 11 is 0. The van der Waals surface area contributed by atoms with E-state index >= 15 is 0 Å². The van der Waals surface area contributed by atoms with Gasteiger partial charge in [-0.15, -0.1) is 6.42 Å². The zero-order chi connectivity index (χ0) is 35.9. The molecular weight excluding hydrogens is 612 g/mol. The first-order valence-corrected chi connectivity index (χ1v) is 17.9. The molecule has 4 fully saturated rings. The van der Waals surface area contributed by atoms with E-state index in [-0.39, 0.29) is 81.6 Å². The fourth-order valence-electron chi connectivity index (χ4n) is 8.29. The summed E-state index contributed by atoms with van der Waals surface area (Å²) in [6.07, 6.45) is 11.2. The lowest BCUT2D eigenvalue weighted by atomic mass is 9.75. The van der Waals surface area contributed by atoms with E-state index in [2.05, 4.69) is 92.1 Å². The van der Waals surface area contributed by atoms with Crippen molar-refractivity contribution in [3.63, 3.8) is 0 Å². The second kappa shape index (κ2) is 13.8. The van der Waals surface area contributed by atoms with E-state index in [1.807, 2.05) is 0 Å². The molecule has 10 heteroatoms. The number of rotatable bonds is 10. The summed E-state index contributed by atoms with van der Waals surface area (Å²) in [7, 11) is 4.30. The number of piperidine rings is 2. The molecule has 0 unspecified atom stereocenters. The lowest BCUT2D eigenvalue weighted by molar-refractivity contribution is -0.344. The van der Waals surface area contributed by atoms with Gasteiger partial charge in [-0.3, -0.25) is 19.4 Å². The number of nitrogens with zero attached hydrogens (tertiary/aromatic N) is 2. The molecule has 4 heterocycles. The molecule has 0 amide bonds. The highest BCUT2D eigenvalue weighted by molar-refractivity contribution is 5.70. The van der Waals surface area contributed by atoms with E-state index in [1.54, 1.807) is 0 Å². The van der Waals surface area contributed by atoms with Crippen molar-refractivity contribution in [3.05, 3.63) is 0 Å². The monoisotopic (exact) mass is 680 g/mol. The van der Waals surface area contributed by atoms with Crippen LogP contribution in [0.3, 0.4) is 0 Å². The maximum Gasteiger partial charge on any atom is 0.305 e. The van der Waals surface area contributed by atoms with Crippen LogP contribution in [0.5, 0.6) is 0 Å². The van der Waals surface area contributed by atoms with Crippen LogP contribution in [-0.2, 0) is 38.0 Å². The zero-order valence-electron chi connectivity index (χ0n) is 31.8. The van der Waals surface area contributed by atoms with Crippen LogP contribution in [0.15, 0.2) is 0 Å². The summed E-state index contributed by atoms with van der Waals surface area (Å²) in [5.41, 5.74) is -1.57. The SMILES string of the molecule is C#CC1(COC(=O)CCCCC(=O)OCC2(CC)COC3(CC(C)(C)N(C)C(C)(C)C3)OC2)COC2(CC(C)(C)N(C)C(C)(C)C2)OC1.[HH].[HH]. The second-order valence-electron chi connectivity index (χ2n) is 17.9. The number of esters is 2. The van der Waals surface area contributed by atoms with Crippen LogP contribution >= 0.6 is 0 Å². The van der Waals surface area contributed by atoms with Crippen LogP contribution in [0.2, 0.25) is 0 Å². The third-order valence-electron chi connectivity index (χ3n) is 12.1. The quantitative estimate of drug-likeness (QED) is 0.151. The van der Waals surface area contributed by atoms with Gasteiger partial charge in [-0.1, -0.05) is 12.8 Å². The standard InChI is InChI=1S/C38H64N2O8.2H2/c1-13-35(25-45-37(46-26-35)19-31(3,4)39(11)32(5,6)20-37)23-43-29(41)17-15-16-18-30(42)44-24-36(14-2)27-47-38(48-28-36)21-33(7,8)40(12)34(9,10)22-38;;/h1H,14-28H2,2-12H3;2*1H. The summed E-state index contributed by atoms with van der Waals surface area (Å²) < 4.78 is 37.1. The van der Waals surface area contributed by atoms with Crippen molar-refractivity contribution in [1.29, 1.82) is 0 Å². The van der Waals surface area contributed by atoms with Gasteiger partial charge < -0.3 is 28.4 Å². The lowest BCUT2D eigenvalue weighted by Gasteiger charge is -2.59. The van der Waals surface area contributed by atoms with E-state index in [4.69, 9.17) is 34.8 Å². The van der Waals surface area contributed by atoms with Gasteiger partial charge in [-0.25, -0.2) is 0 Å². The van der Waals surface area contributed by atoms with E-state index in [1.165, 1.54) is 0 Å². The predicted octanol–water partition coefficient (Wildman–Crippen LogP) is 6.19. The average Bonchev–Trinajstić information content (AvgIpc) is 3.00. The van der Waals surface area contributed by atoms with Gasteiger partial charge in [0.05, 0.1) is 31.8 Å². The zero-order valence-corrected chi connectivity index (χ0v) is 31.8. The Hall–Kier alpha value is -1.74. The van der Waals surface area contributed by atoms with Gasteiger partial charge in [0.15, 0.2) is 11.6 Å². The molecule has 0 atom stereocenters. The summed E-state index contributed by atoms with van der Waals surface area (Å²) in [6.45, 7) is 21.6. The molecule has 4 saturated heterocycles. The third-order valence-corrected chi connectivity index (χ3v) is 12.1. The van der Waals surface area contributed by atoms with E-state index in [0.29, 0.717) is 26.1 Å². The molecule has 2 spiro atoms. The highest BCUT2D eigenvalue weighted by atomic mass is 16.7. The van der Waals surface area contributed by atoms with Crippen LogP contribution in [0.4, 0.5) is 0 Å². The smallest absolute Gasteiger partial charge is 0.305 e. The molecule has 0 saturated carbocycles. The van der Waals surface area contributed by atoms with Gasteiger partial charge in [0, 0.05) is 63.5 Å². The Labute approximate surface area is 293 Å². The molecule has 0 aliphatic carbocycles. The average molecular weight is 681 g/mol. The molecule has 4 aliphatic heterocycles. The van der Waals surface area contributed by atoms with Crippen LogP contribution in [-0.4, -0.2) is 109 Å². The molecule has 0 bridgehead atoms. The van der Waals surface area contributed by atoms with Crippen LogP contribution in [0.1, 0.15) is 123 Å². The summed E-state index contributed by atoms with van der Waals surface area (Å²) in [5, 5.41) is 0. The largest absolute Gasteiger partial charge is 0.465 e. The molecule has 0 radical (unpaired) electrons. The van der Waals surface area contributed by atoms with E-state index < -0.39 is 17.0 Å². The number of carbonyl (C=O) groups is 2. The Bertz CT molecular complexity index is 1170. The Balaban J connectivity index is 0.00000433. The molecule has 0 aromatic heterocycles. The van der Waals surface area contributed by atoms with Gasteiger partial charge in [-0.2, -0.15) is 0 Å². The minimum Gasteiger partial charge on any atom is -0.465 e. The number of carbonyl (C=O) groups excluding carboxylic acids is 2. The highest BCUT2D eigenvalue weighted by Crippen LogP contribution is 2.49. The van der Waals surface area contributed by atoms with Gasteiger partial charge in [-0.05, 0) is 88.7 Å². The number of terminal acetylenes is 1. The van der Waals surface area contributed by atoms with Crippen molar-refractivity contribution >= 4 is 11.9 Å². The molecular formula is C38H68N2O8. The molecule has 0 aromatic rings. The Morgan fingerprint density at radius 2 is 1.02 bits per heavy atom. The van der Waals surface area contributed by atoms with Crippen molar-refractivity contribution in [2.75, 3.05) is 53.7 Å². The maximum absolute atomic E-state index is 12.7. The molecule has 0 N–H and O–H groups in total. The summed E-state index contributed by atoms with van der Waals surface area (Å²) in [6, 6.07) is 0. The van der Waals surface area contributed by atoms with Crippen molar-refractivity contribution in [1.82, 2.24) is 9.80 Å². The molecule has 48 heavy (non-hydrogen) atoms. The Kier molecular flexibility index (Phi) is 11.2. The van der Waals surface area contributed by atoms with Crippen molar-refractivity contribution < 1.29 is 40.9 Å². The van der Waals surface area contributed by atoms with Crippen molar-refractivity contribution in [2.24, 2.45) is 10.8 Å². The Morgan fingerprint density at radius 1 is 0.667 bits per heavy atom. The van der Waals surface area contributed by atoms with Crippen molar-refractivity contribution in [2.45, 2.75) is 154 Å². The van der Waals surface area contributed by atoms with Crippen LogP contribution in [0, 0.1) is 23.2 Å². The first-order valence-electron chi connectivity index (χ1n) is 17.9. The number of ether oxygens (including phenoxy) is 6. The molecule has 278 valence electrons. The van der Waals surface area contributed by atoms with Gasteiger partial charge in [0.25, 0.3) is 0 Å². The molecule has 4 rings (SSSR count).